The van der Waals surface area contributed by atoms with E-state index in [9.17, 15) is 4.79 Å². The first-order valence-electron chi connectivity index (χ1n) is 6.78. The van der Waals surface area contributed by atoms with E-state index < -0.39 is 0 Å². The molecule has 0 aliphatic heterocycles. The maximum Gasteiger partial charge on any atom is 0.257 e. The summed E-state index contributed by atoms with van der Waals surface area (Å²) in [5, 5.41) is 0.155. The van der Waals surface area contributed by atoms with E-state index in [4.69, 9.17) is 20.4 Å². The minimum Gasteiger partial charge on any atom is -0.467 e. The third-order valence-electron chi connectivity index (χ3n) is 3.18. The lowest BCUT2D eigenvalue weighted by atomic mass is 10.2. The molecule has 0 aromatic carbocycles. The Kier molecular flexibility index (Phi) is 4.83. The molecule has 0 radical (unpaired) electrons. The van der Waals surface area contributed by atoms with Gasteiger partial charge in [0.25, 0.3) is 5.91 Å². The van der Waals surface area contributed by atoms with Crippen LogP contribution in [0.2, 0.25) is 5.15 Å². The number of carbonyl (C=O) groups is 1. The number of rotatable bonds is 5. The van der Waals surface area contributed by atoms with E-state index in [2.05, 4.69) is 20.9 Å². The van der Waals surface area contributed by atoms with Crippen molar-refractivity contribution in [2.45, 2.75) is 13.1 Å². The highest BCUT2D eigenvalue weighted by Crippen LogP contribution is 2.22. The zero-order chi connectivity index (χ0) is 16.2. The molecule has 3 aromatic heterocycles. The van der Waals surface area contributed by atoms with Crippen molar-refractivity contribution in [3.63, 3.8) is 0 Å². The highest BCUT2D eigenvalue weighted by atomic mass is 79.9. The molecule has 0 saturated heterocycles. The predicted molar refractivity (Wildman–Crippen MR) is 87.9 cm³/mol. The first kappa shape index (κ1) is 15.8. The molecule has 0 saturated carbocycles. The Labute approximate surface area is 146 Å². The molecule has 0 atom stereocenters. The summed E-state index contributed by atoms with van der Waals surface area (Å²) < 4.78 is 11.4. The SMILES string of the molecule is O=C(c1cc(Br)cnc1Cl)N(Cc1ccco1)Cc1ccco1. The quantitative estimate of drug-likeness (QED) is 0.596. The van der Waals surface area contributed by atoms with E-state index in [0.29, 0.717) is 34.6 Å². The smallest absolute Gasteiger partial charge is 0.257 e. The zero-order valence-corrected chi connectivity index (χ0v) is 14.3. The second kappa shape index (κ2) is 7.02. The monoisotopic (exact) mass is 394 g/mol. The molecule has 0 fully saturated rings. The number of hydrogen-bond donors (Lipinski definition) is 0. The summed E-state index contributed by atoms with van der Waals surface area (Å²) in [6.07, 6.45) is 4.68. The number of carbonyl (C=O) groups excluding carboxylic acids is 1. The van der Waals surface area contributed by atoms with E-state index in [0.717, 1.165) is 0 Å². The Balaban J connectivity index is 1.89. The topological polar surface area (TPSA) is 59.5 Å². The maximum atomic E-state index is 12.9. The van der Waals surface area contributed by atoms with Crippen molar-refractivity contribution >= 4 is 33.4 Å². The van der Waals surface area contributed by atoms with Crippen LogP contribution >= 0.6 is 27.5 Å². The van der Waals surface area contributed by atoms with Gasteiger partial charge in [0.15, 0.2) is 0 Å². The molecule has 3 heterocycles. The number of amides is 1. The fourth-order valence-corrected chi connectivity index (χ4v) is 2.64. The zero-order valence-electron chi connectivity index (χ0n) is 11.9. The van der Waals surface area contributed by atoms with Gasteiger partial charge in [0.1, 0.15) is 16.7 Å². The Morgan fingerprint density at radius 1 is 1.17 bits per heavy atom. The van der Waals surface area contributed by atoms with Crippen molar-refractivity contribution in [1.29, 1.82) is 0 Å². The van der Waals surface area contributed by atoms with E-state index in [-0.39, 0.29) is 11.1 Å². The van der Waals surface area contributed by atoms with E-state index >= 15 is 0 Å². The van der Waals surface area contributed by atoms with Gasteiger partial charge >= 0.3 is 0 Å². The molecule has 0 bridgehead atoms. The van der Waals surface area contributed by atoms with E-state index in [1.165, 1.54) is 0 Å². The van der Waals surface area contributed by atoms with Gasteiger partial charge in [0, 0.05) is 10.7 Å². The van der Waals surface area contributed by atoms with Crippen molar-refractivity contribution in [3.8, 4) is 0 Å². The molecule has 3 rings (SSSR count). The van der Waals surface area contributed by atoms with Crippen LogP contribution in [0, 0.1) is 0 Å². The Morgan fingerprint density at radius 3 is 2.30 bits per heavy atom. The molecule has 23 heavy (non-hydrogen) atoms. The third-order valence-corrected chi connectivity index (χ3v) is 3.91. The molecule has 0 aliphatic rings. The van der Waals surface area contributed by atoms with Crippen LogP contribution in [0.15, 0.2) is 62.4 Å². The Hall–Kier alpha value is -2.05. The van der Waals surface area contributed by atoms with Gasteiger partial charge in [0.2, 0.25) is 0 Å². The maximum absolute atomic E-state index is 12.9. The summed E-state index contributed by atoms with van der Waals surface area (Å²) >= 11 is 9.38. The number of furan rings is 2. The average molecular weight is 396 g/mol. The lowest BCUT2D eigenvalue weighted by molar-refractivity contribution is 0.0704. The molecular formula is C16H12BrClN2O3. The second-order valence-corrected chi connectivity index (χ2v) is 6.09. The number of halogens is 2. The van der Waals surface area contributed by atoms with Crippen LogP contribution in [0.4, 0.5) is 0 Å². The predicted octanol–water partition coefficient (Wildman–Crippen LogP) is 4.53. The van der Waals surface area contributed by atoms with E-state index in [1.54, 1.807) is 41.8 Å². The van der Waals surface area contributed by atoms with Crippen LogP contribution in [0.5, 0.6) is 0 Å². The summed E-state index contributed by atoms with van der Waals surface area (Å²) in [5.74, 6) is 1.09. The van der Waals surface area contributed by atoms with Gasteiger partial charge in [-0.1, -0.05) is 11.6 Å². The molecule has 3 aromatic rings. The van der Waals surface area contributed by atoms with Crippen LogP contribution in [0.25, 0.3) is 0 Å². The highest BCUT2D eigenvalue weighted by Gasteiger charge is 2.22. The Morgan fingerprint density at radius 2 is 1.78 bits per heavy atom. The summed E-state index contributed by atoms with van der Waals surface area (Å²) in [6, 6.07) is 8.82. The number of pyridine rings is 1. The van der Waals surface area contributed by atoms with Gasteiger partial charge in [-0.25, -0.2) is 4.98 Å². The average Bonchev–Trinajstić information content (AvgIpc) is 3.22. The van der Waals surface area contributed by atoms with Crippen LogP contribution < -0.4 is 0 Å². The molecule has 0 spiro atoms. The van der Waals surface area contributed by atoms with Crippen molar-refractivity contribution in [1.82, 2.24) is 9.88 Å². The van der Waals surface area contributed by atoms with Gasteiger partial charge < -0.3 is 13.7 Å². The normalized spacial score (nSPS) is 10.7. The molecule has 0 aliphatic carbocycles. The van der Waals surface area contributed by atoms with Crippen LogP contribution in [-0.4, -0.2) is 15.8 Å². The largest absolute Gasteiger partial charge is 0.467 e. The molecule has 0 N–H and O–H groups in total. The van der Waals surface area contributed by atoms with Crippen molar-refractivity contribution in [2.75, 3.05) is 0 Å². The number of nitrogens with zero attached hydrogens (tertiary/aromatic N) is 2. The van der Waals surface area contributed by atoms with Gasteiger partial charge in [-0.3, -0.25) is 4.79 Å². The Bertz CT molecular complexity index is 752. The first-order chi connectivity index (χ1) is 11.1. The van der Waals surface area contributed by atoms with Gasteiger partial charge in [-0.2, -0.15) is 0 Å². The fourth-order valence-electron chi connectivity index (χ4n) is 2.12. The highest BCUT2D eigenvalue weighted by molar-refractivity contribution is 9.10. The van der Waals surface area contributed by atoms with Gasteiger partial charge in [-0.15, -0.1) is 0 Å². The number of aromatic nitrogens is 1. The summed E-state index contributed by atoms with van der Waals surface area (Å²) in [5.41, 5.74) is 0.319. The standard InChI is InChI=1S/C16H12BrClN2O3/c17-11-7-14(15(18)19-8-11)16(21)20(9-12-3-1-5-22-12)10-13-4-2-6-23-13/h1-8H,9-10H2. The number of hydrogen-bond acceptors (Lipinski definition) is 4. The lowest BCUT2D eigenvalue weighted by Gasteiger charge is -2.21. The lowest BCUT2D eigenvalue weighted by Crippen LogP contribution is -2.30. The molecule has 118 valence electrons. The van der Waals surface area contributed by atoms with Crippen molar-refractivity contribution in [2.24, 2.45) is 0 Å². The molecule has 7 heteroatoms. The van der Waals surface area contributed by atoms with Gasteiger partial charge in [0.05, 0.1) is 31.2 Å². The second-order valence-electron chi connectivity index (χ2n) is 4.81. The van der Waals surface area contributed by atoms with Crippen LogP contribution in [0.3, 0.4) is 0 Å². The van der Waals surface area contributed by atoms with Crippen LogP contribution in [0.1, 0.15) is 21.9 Å². The van der Waals surface area contributed by atoms with Crippen molar-refractivity contribution < 1.29 is 13.6 Å². The fraction of sp³-hybridized carbons (Fsp3) is 0.125. The summed E-state index contributed by atoms with van der Waals surface area (Å²) in [6.45, 7) is 0.602. The minimum absolute atomic E-state index is 0.155. The molecule has 0 unspecified atom stereocenters. The first-order valence-corrected chi connectivity index (χ1v) is 7.95. The molecule has 1 amide bonds. The summed E-state index contributed by atoms with van der Waals surface area (Å²) in [7, 11) is 0. The molecular weight excluding hydrogens is 384 g/mol. The van der Waals surface area contributed by atoms with Crippen molar-refractivity contribution in [3.05, 3.63) is 75.8 Å². The van der Waals surface area contributed by atoms with Crippen LogP contribution in [-0.2, 0) is 13.1 Å². The minimum atomic E-state index is -0.253. The molecule has 5 nitrogen and oxygen atoms in total. The third kappa shape index (κ3) is 3.83. The van der Waals surface area contributed by atoms with E-state index in [1.807, 2.05) is 12.1 Å². The summed E-state index contributed by atoms with van der Waals surface area (Å²) in [4.78, 5) is 18.5. The van der Waals surface area contributed by atoms with Gasteiger partial charge in [-0.05, 0) is 46.3 Å².